The molecule has 0 saturated heterocycles. The van der Waals surface area contributed by atoms with Gasteiger partial charge in [-0.25, -0.2) is 0 Å². The lowest BCUT2D eigenvalue weighted by Crippen LogP contribution is -2.22. The van der Waals surface area contributed by atoms with Gasteiger partial charge in [-0.2, -0.15) is 0 Å². The fourth-order valence-corrected chi connectivity index (χ4v) is 1.98. The van der Waals surface area contributed by atoms with Crippen molar-refractivity contribution >= 4 is 11.6 Å². The van der Waals surface area contributed by atoms with E-state index < -0.39 is 0 Å². The van der Waals surface area contributed by atoms with E-state index in [1.54, 1.807) is 0 Å². The Kier molecular flexibility index (Phi) is 5.20. The highest BCUT2D eigenvalue weighted by molar-refractivity contribution is 6.16. The summed E-state index contributed by atoms with van der Waals surface area (Å²) in [5.41, 5.74) is 0.287. The summed E-state index contributed by atoms with van der Waals surface area (Å²) in [4.78, 5) is 0. The van der Waals surface area contributed by atoms with Crippen molar-refractivity contribution in [2.45, 2.75) is 60.4 Å². The molecule has 4 heteroatoms. The number of nitrogens with zero attached hydrogens (tertiary/aromatic N) is 3. The predicted molar refractivity (Wildman–Crippen MR) is 76.7 cm³/mol. The van der Waals surface area contributed by atoms with Gasteiger partial charge in [-0.3, -0.25) is 0 Å². The van der Waals surface area contributed by atoms with Crippen molar-refractivity contribution in [1.29, 1.82) is 0 Å². The first-order valence-corrected chi connectivity index (χ1v) is 7.26. The lowest BCUT2D eigenvalue weighted by molar-refractivity contribution is 0.253. The van der Waals surface area contributed by atoms with Crippen LogP contribution in [0.5, 0.6) is 0 Å². The third kappa shape index (κ3) is 3.98. The highest BCUT2D eigenvalue weighted by Crippen LogP contribution is 2.28. The molecule has 1 aromatic heterocycles. The van der Waals surface area contributed by atoms with Gasteiger partial charge < -0.3 is 4.57 Å². The van der Waals surface area contributed by atoms with Gasteiger partial charge in [0.2, 0.25) is 0 Å². The Hall–Kier alpha value is -0.570. The molecule has 1 unspecified atom stereocenters. The normalized spacial score (nSPS) is 14.2. The van der Waals surface area contributed by atoms with E-state index in [1.807, 2.05) is 0 Å². The van der Waals surface area contributed by atoms with E-state index in [1.165, 1.54) is 0 Å². The molecule has 18 heavy (non-hydrogen) atoms. The van der Waals surface area contributed by atoms with Crippen LogP contribution in [0.1, 0.15) is 53.2 Å². The SMILES string of the molecule is CC(C)Cn1c(CCl)nnc1CC(C)C(C)(C)C. The maximum Gasteiger partial charge on any atom is 0.147 e. The van der Waals surface area contributed by atoms with Crippen LogP contribution in [0, 0.1) is 17.3 Å². The van der Waals surface area contributed by atoms with Crippen molar-refractivity contribution in [2.75, 3.05) is 0 Å². The first-order chi connectivity index (χ1) is 8.25. The molecule has 0 amide bonds. The lowest BCUT2D eigenvalue weighted by Gasteiger charge is -2.27. The van der Waals surface area contributed by atoms with Crippen molar-refractivity contribution in [3.8, 4) is 0 Å². The molecule has 0 aliphatic heterocycles. The zero-order valence-electron chi connectivity index (χ0n) is 12.5. The van der Waals surface area contributed by atoms with Crippen LogP contribution in [0.2, 0.25) is 0 Å². The smallest absolute Gasteiger partial charge is 0.147 e. The summed E-state index contributed by atoms with van der Waals surface area (Å²) in [5, 5.41) is 8.53. The summed E-state index contributed by atoms with van der Waals surface area (Å²) in [5.74, 6) is 3.54. The Morgan fingerprint density at radius 1 is 1.11 bits per heavy atom. The number of hydrogen-bond acceptors (Lipinski definition) is 2. The predicted octanol–water partition coefficient (Wildman–Crippen LogP) is 3.90. The standard InChI is InChI=1S/C14H26ClN3/c1-10(2)9-18-12(16-17-13(18)8-15)7-11(3)14(4,5)6/h10-11H,7-9H2,1-6H3. The average Bonchev–Trinajstić information content (AvgIpc) is 2.59. The van der Waals surface area contributed by atoms with Crippen LogP contribution < -0.4 is 0 Å². The summed E-state index contributed by atoms with van der Waals surface area (Å²) in [6, 6.07) is 0. The van der Waals surface area contributed by atoms with E-state index >= 15 is 0 Å². The van der Waals surface area contributed by atoms with Crippen molar-refractivity contribution in [3.05, 3.63) is 11.6 Å². The Bertz CT molecular complexity index is 377. The molecule has 0 bridgehead atoms. The van der Waals surface area contributed by atoms with Crippen LogP contribution in [0.25, 0.3) is 0 Å². The third-order valence-corrected chi connectivity index (χ3v) is 3.78. The second-order valence-corrected chi connectivity index (χ2v) is 6.91. The molecule has 0 saturated carbocycles. The maximum absolute atomic E-state index is 5.93. The molecule has 0 spiro atoms. The van der Waals surface area contributed by atoms with Gasteiger partial charge in [0, 0.05) is 13.0 Å². The molecule has 0 aromatic carbocycles. The Balaban J connectivity index is 2.92. The molecule has 0 N–H and O–H groups in total. The molecule has 0 aliphatic rings. The molecule has 0 aliphatic carbocycles. The van der Waals surface area contributed by atoms with Crippen LogP contribution in [0.15, 0.2) is 0 Å². The van der Waals surface area contributed by atoms with Crippen LogP contribution in [0.3, 0.4) is 0 Å². The number of halogens is 1. The molecule has 1 aromatic rings. The van der Waals surface area contributed by atoms with Gasteiger partial charge >= 0.3 is 0 Å². The van der Waals surface area contributed by atoms with Crippen LogP contribution in [-0.2, 0) is 18.8 Å². The first-order valence-electron chi connectivity index (χ1n) is 6.72. The number of hydrogen-bond donors (Lipinski definition) is 0. The van der Waals surface area contributed by atoms with Gasteiger partial charge in [0.25, 0.3) is 0 Å². The molecule has 1 atom stereocenters. The van der Waals surface area contributed by atoms with Crippen molar-refractivity contribution in [3.63, 3.8) is 0 Å². The molecule has 0 radical (unpaired) electrons. The topological polar surface area (TPSA) is 30.7 Å². The molecule has 1 heterocycles. The monoisotopic (exact) mass is 271 g/mol. The van der Waals surface area contributed by atoms with Gasteiger partial charge in [-0.1, -0.05) is 41.5 Å². The zero-order chi connectivity index (χ0) is 13.9. The van der Waals surface area contributed by atoms with Gasteiger partial charge in [-0.05, 0) is 17.3 Å². The van der Waals surface area contributed by atoms with E-state index in [-0.39, 0.29) is 5.41 Å². The summed E-state index contributed by atoms with van der Waals surface area (Å²) in [6.45, 7) is 14.4. The highest BCUT2D eigenvalue weighted by atomic mass is 35.5. The molecule has 1 rings (SSSR count). The van der Waals surface area contributed by atoms with Crippen molar-refractivity contribution in [1.82, 2.24) is 14.8 Å². The quantitative estimate of drug-likeness (QED) is 0.761. The van der Waals surface area contributed by atoms with E-state index in [0.717, 1.165) is 24.6 Å². The van der Waals surface area contributed by atoms with E-state index in [9.17, 15) is 0 Å². The van der Waals surface area contributed by atoms with E-state index in [4.69, 9.17) is 11.6 Å². The minimum Gasteiger partial charge on any atom is -0.314 e. The first kappa shape index (κ1) is 15.5. The fourth-order valence-electron chi connectivity index (χ4n) is 1.78. The number of alkyl halides is 1. The van der Waals surface area contributed by atoms with Crippen molar-refractivity contribution in [2.24, 2.45) is 17.3 Å². The molecular weight excluding hydrogens is 246 g/mol. The summed E-state index contributed by atoms with van der Waals surface area (Å²) in [6.07, 6.45) is 0.958. The fraction of sp³-hybridized carbons (Fsp3) is 0.857. The number of aromatic nitrogens is 3. The average molecular weight is 272 g/mol. The van der Waals surface area contributed by atoms with Gasteiger partial charge in [0.15, 0.2) is 0 Å². The molecule has 0 fully saturated rings. The van der Waals surface area contributed by atoms with Gasteiger partial charge in [0.05, 0.1) is 5.88 Å². The van der Waals surface area contributed by atoms with Gasteiger partial charge in [-0.15, -0.1) is 21.8 Å². The molecule has 104 valence electrons. The lowest BCUT2D eigenvalue weighted by atomic mass is 9.80. The molecular formula is C14H26ClN3. The summed E-state index contributed by atoms with van der Waals surface area (Å²) >= 11 is 5.93. The second-order valence-electron chi connectivity index (χ2n) is 6.64. The summed E-state index contributed by atoms with van der Waals surface area (Å²) in [7, 11) is 0. The summed E-state index contributed by atoms with van der Waals surface area (Å²) < 4.78 is 2.19. The van der Waals surface area contributed by atoms with Gasteiger partial charge in [0.1, 0.15) is 11.6 Å². The highest BCUT2D eigenvalue weighted by Gasteiger charge is 2.23. The second kappa shape index (κ2) is 6.05. The van der Waals surface area contributed by atoms with Crippen LogP contribution >= 0.6 is 11.6 Å². The zero-order valence-corrected chi connectivity index (χ0v) is 13.3. The largest absolute Gasteiger partial charge is 0.314 e. The van der Waals surface area contributed by atoms with E-state index in [2.05, 4.69) is 56.3 Å². The third-order valence-electron chi connectivity index (χ3n) is 3.54. The minimum atomic E-state index is 0.287. The van der Waals surface area contributed by atoms with E-state index in [0.29, 0.717) is 17.7 Å². The Morgan fingerprint density at radius 3 is 2.11 bits per heavy atom. The Labute approximate surface area is 116 Å². The maximum atomic E-state index is 5.93. The number of rotatable bonds is 5. The molecule has 3 nitrogen and oxygen atoms in total. The van der Waals surface area contributed by atoms with Crippen molar-refractivity contribution < 1.29 is 0 Å². The minimum absolute atomic E-state index is 0.287. The van der Waals surface area contributed by atoms with Crippen LogP contribution in [-0.4, -0.2) is 14.8 Å². The Morgan fingerprint density at radius 2 is 1.67 bits per heavy atom. The van der Waals surface area contributed by atoms with Crippen LogP contribution in [0.4, 0.5) is 0 Å².